The van der Waals surface area contributed by atoms with Crippen LogP contribution >= 0.6 is 0 Å². The number of carbonyl (C=O) groups is 1. The summed E-state index contributed by atoms with van der Waals surface area (Å²) in [5.41, 5.74) is 0.466. The lowest BCUT2D eigenvalue weighted by atomic mass is 10.3. The minimum atomic E-state index is -1.02. The number of hydrogen-bond donors (Lipinski definition) is 1. The molecule has 1 aromatic carbocycles. The molecule has 5 nitrogen and oxygen atoms in total. The van der Waals surface area contributed by atoms with Gasteiger partial charge in [0.05, 0.1) is 12.4 Å². The number of amides is 1. The van der Waals surface area contributed by atoms with Crippen molar-refractivity contribution in [3.8, 4) is 5.88 Å². The number of aromatic nitrogens is 2. The molecule has 1 amide bonds. The second-order valence-electron chi connectivity index (χ2n) is 3.45. The first kappa shape index (κ1) is 12.9. The van der Waals surface area contributed by atoms with Gasteiger partial charge < -0.3 is 10.1 Å². The smallest absolute Gasteiger partial charge is 0.275 e. The van der Waals surface area contributed by atoms with Crippen molar-refractivity contribution in [3.63, 3.8) is 0 Å². The molecule has 0 aliphatic carbocycles. The lowest BCUT2D eigenvalue weighted by Crippen LogP contribution is -2.14. The zero-order chi connectivity index (χ0) is 13.7. The fourth-order valence-corrected chi connectivity index (χ4v) is 1.29. The van der Waals surface area contributed by atoms with Crippen LogP contribution in [0.4, 0.5) is 14.5 Å². The van der Waals surface area contributed by atoms with Crippen molar-refractivity contribution >= 4 is 11.6 Å². The third-order valence-corrected chi connectivity index (χ3v) is 2.17. The first-order valence-corrected chi connectivity index (χ1v) is 5.27. The van der Waals surface area contributed by atoms with Gasteiger partial charge in [-0.3, -0.25) is 4.79 Å². The summed E-state index contributed by atoms with van der Waals surface area (Å²) in [6.45, 7) is -1.02. The van der Waals surface area contributed by atoms with E-state index >= 15 is 0 Å². The number of halogens is 2. The Kier molecular flexibility index (Phi) is 3.97. The second-order valence-corrected chi connectivity index (χ2v) is 3.45. The molecular weight excluding hydrogens is 256 g/mol. The first-order chi connectivity index (χ1) is 9.19. The van der Waals surface area contributed by atoms with Crippen LogP contribution in [0.15, 0.2) is 36.7 Å². The van der Waals surface area contributed by atoms with Crippen molar-refractivity contribution in [3.05, 3.63) is 48.2 Å². The van der Waals surface area contributed by atoms with Crippen molar-refractivity contribution in [1.29, 1.82) is 0 Å². The van der Waals surface area contributed by atoms with Crippen molar-refractivity contribution < 1.29 is 18.3 Å². The third-order valence-electron chi connectivity index (χ3n) is 2.17. The molecule has 1 N–H and O–H groups in total. The second kappa shape index (κ2) is 5.85. The molecule has 1 heterocycles. The van der Waals surface area contributed by atoms with Crippen molar-refractivity contribution in [2.45, 2.75) is 0 Å². The number of hydrogen-bond acceptors (Lipinski definition) is 4. The Balaban J connectivity index is 2.05. The molecule has 0 spiro atoms. The van der Waals surface area contributed by atoms with Crippen molar-refractivity contribution in [1.82, 2.24) is 9.97 Å². The Hall–Kier alpha value is -2.57. The molecule has 0 aliphatic rings. The number of ether oxygens (including phenoxy) is 1. The van der Waals surface area contributed by atoms with E-state index in [1.807, 2.05) is 0 Å². The number of carbonyl (C=O) groups excluding carboxylic acids is 1. The molecular formula is C12H9F2N3O2. The molecule has 0 fully saturated rings. The summed E-state index contributed by atoms with van der Waals surface area (Å²) in [5, 5.41) is 2.51. The molecule has 98 valence electrons. The highest BCUT2D eigenvalue weighted by atomic mass is 19.1. The monoisotopic (exact) mass is 265 g/mol. The van der Waals surface area contributed by atoms with Crippen LogP contribution in [0.3, 0.4) is 0 Å². The van der Waals surface area contributed by atoms with Gasteiger partial charge in [-0.05, 0) is 24.3 Å². The van der Waals surface area contributed by atoms with Crippen molar-refractivity contribution in [2.75, 3.05) is 12.2 Å². The van der Waals surface area contributed by atoms with Gasteiger partial charge in [0, 0.05) is 5.69 Å². The number of anilines is 1. The Morgan fingerprint density at radius 3 is 2.53 bits per heavy atom. The molecule has 0 unspecified atom stereocenters. The van der Waals surface area contributed by atoms with E-state index < -0.39 is 18.6 Å². The van der Waals surface area contributed by atoms with Crippen LogP contribution in [0.25, 0.3) is 0 Å². The van der Waals surface area contributed by atoms with E-state index in [1.165, 1.54) is 24.3 Å². The fourth-order valence-electron chi connectivity index (χ4n) is 1.29. The predicted molar refractivity (Wildman–Crippen MR) is 63.0 cm³/mol. The zero-order valence-electron chi connectivity index (χ0n) is 9.64. The molecule has 19 heavy (non-hydrogen) atoms. The summed E-state index contributed by atoms with van der Waals surface area (Å²) in [7, 11) is 0. The van der Waals surface area contributed by atoms with Crippen LogP contribution in [0.2, 0.25) is 0 Å². The molecule has 2 aromatic rings. The number of benzene rings is 1. The number of rotatable bonds is 4. The normalized spacial score (nSPS) is 10.0. The van der Waals surface area contributed by atoms with Crippen molar-refractivity contribution in [2.24, 2.45) is 0 Å². The van der Waals surface area contributed by atoms with Crippen LogP contribution in [-0.4, -0.2) is 22.7 Å². The van der Waals surface area contributed by atoms with E-state index in [2.05, 4.69) is 20.0 Å². The largest absolute Gasteiger partial charge is 0.445 e. The highest BCUT2D eigenvalue weighted by Gasteiger charge is 2.08. The molecule has 0 bridgehead atoms. The number of alkyl halides is 1. The van der Waals surface area contributed by atoms with Gasteiger partial charge in [-0.25, -0.2) is 18.7 Å². The van der Waals surface area contributed by atoms with Crippen LogP contribution in [0.1, 0.15) is 10.5 Å². The summed E-state index contributed by atoms with van der Waals surface area (Å²) in [6, 6.07) is 5.28. The molecule has 2 rings (SSSR count). The van der Waals surface area contributed by atoms with E-state index in [-0.39, 0.29) is 11.6 Å². The minimum Gasteiger partial charge on any atom is -0.445 e. The van der Waals surface area contributed by atoms with Gasteiger partial charge in [0.25, 0.3) is 5.91 Å². The van der Waals surface area contributed by atoms with Crippen LogP contribution in [0, 0.1) is 5.82 Å². The Morgan fingerprint density at radius 2 is 1.95 bits per heavy atom. The van der Waals surface area contributed by atoms with E-state index in [9.17, 15) is 13.6 Å². The molecule has 1 aromatic heterocycles. The van der Waals surface area contributed by atoms with Gasteiger partial charge >= 0.3 is 0 Å². The molecule has 0 atom stereocenters. The van der Waals surface area contributed by atoms with Gasteiger partial charge in [0.2, 0.25) is 12.7 Å². The Morgan fingerprint density at radius 1 is 1.21 bits per heavy atom. The van der Waals surface area contributed by atoms with Gasteiger partial charge in [-0.15, -0.1) is 0 Å². The van der Waals surface area contributed by atoms with Gasteiger partial charge in [-0.1, -0.05) is 0 Å². The molecule has 7 heteroatoms. The van der Waals surface area contributed by atoms with Gasteiger partial charge in [-0.2, -0.15) is 0 Å². The SMILES string of the molecule is O=C(Nc1ccc(F)cc1)c1cnc(OCF)cn1. The minimum absolute atomic E-state index is 0.0131. The molecule has 0 saturated heterocycles. The Labute approximate surface area is 107 Å². The van der Waals surface area contributed by atoms with Gasteiger partial charge in [0.1, 0.15) is 11.5 Å². The topological polar surface area (TPSA) is 64.1 Å². The predicted octanol–water partition coefficient (Wildman–Crippen LogP) is 2.17. The summed E-state index contributed by atoms with van der Waals surface area (Å²) in [6.07, 6.45) is 2.29. The summed E-state index contributed by atoms with van der Waals surface area (Å²) in [5.74, 6) is -0.919. The highest BCUT2D eigenvalue weighted by molar-refractivity contribution is 6.02. The average molecular weight is 265 g/mol. The lowest BCUT2D eigenvalue weighted by Gasteiger charge is -2.04. The van der Waals surface area contributed by atoms with E-state index in [0.717, 1.165) is 12.4 Å². The number of nitrogens with one attached hydrogen (secondary N) is 1. The summed E-state index contributed by atoms with van der Waals surface area (Å²) in [4.78, 5) is 19.2. The summed E-state index contributed by atoms with van der Waals surface area (Å²) >= 11 is 0. The maximum atomic E-state index is 12.7. The quantitative estimate of drug-likeness (QED) is 0.920. The number of nitrogens with zero attached hydrogens (tertiary/aromatic N) is 2. The highest BCUT2D eigenvalue weighted by Crippen LogP contribution is 2.10. The van der Waals surface area contributed by atoms with Gasteiger partial charge in [0.15, 0.2) is 0 Å². The molecule has 0 saturated carbocycles. The van der Waals surface area contributed by atoms with Crippen LogP contribution in [-0.2, 0) is 0 Å². The van der Waals surface area contributed by atoms with Crippen LogP contribution in [0.5, 0.6) is 5.88 Å². The third kappa shape index (κ3) is 3.44. The maximum Gasteiger partial charge on any atom is 0.275 e. The molecule has 0 aliphatic heterocycles. The fraction of sp³-hybridized carbons (Fsp3) is 0.0833. The molecule has 0 radical (unpaired) electrons. The van der Waals surface area contributed by atoms with E-state index in [0.29, 0.717) is 5.69 Å². The summed E-state index contributed by atoms with van der Waals surface area (Å²) < 4.78 is 29.0. The standard InChI is InChI=1S/C12H9F2N3O2/c13-7-19-11-6-15-10(5-16-11)12(18)17-9-3-1-8(14)2-4-9/h1-6H,7H2,(H,17,18). The average Bonchev–Trinajstić information content (AvgIpc) is 2.42. The lowest BCUT2D eigenvalue weighted by molar-refractivity contribution is 0.102. The first-order valence-electron chi connectivity index (χ1n) is 5.27. The zero-order valence-corrected chi connectivity index (χ0v) is 9.64. The maximum absolute atomic E-state index is 12.7. The Bertz CT molecular complexity index is 558. The van der Waals surface area contributed by atoms with Crippen LogP contribution < -0.4 is 10.1 Å². The van der Waals surface area contributed by atoms with E-state index in [4.69, 9.17) is 0 Å². The van der Waals surface area contributed by atoms with E-state index in [1.54, 1.807) is 0 Å².